The first kappa shape index (κ1) is 16.4. The summed E-state index contributed by atoms with van der Waals surface area (Å²) in [5.41, 5.74) is 0. The van der Waals surface area contributed by atoms with E-state index >= 15 is 0 Å². The molecule has 5 nitrogen and oxygen atoms in total. The van der Waals surface area contributed by atoms with Gasteiger partial charge < -0.3 is 5.11 Å². The van der Waals surface area contributed by atoms with Crippen molar-refractivity contribution in [3.8, 4) is 0 Å². The molecular formula is C11H12F3NO4S. The van der Waals surface area contributed by atoms with Crippen molar-refractivity contribution in [2.75, 3.05) is 6.54 Å². The minimum absolute atomic E-state index is 0.248. The molecule has 0 aliphatic rings. The third-order valence-electron chi connectivity index (χ3n) is 2.38. The first-order valence-electron chi connectivity index (χ1n) is 5.49. The van der Waals surface area contributed by atoms with Crippen molar-refractivity contribution in [2.45, 2.75) is 18.2 Å². The van der Waals surface area contributed by atoms with E-state index in [-0.39, 0.29) is 25.1 Å². The van der Waals surface area contributed by atoms with Gasteiger partial charge in [-0.05, 0) is 5.92 Å². The van der Waals surface area contributed by atoms with Crippen LogP contribution in [0.3, 0.4) is 0 Å². The molecule has 0 saturated heterocycles. The average molecular weight is 311 g/mol. The zero-order chi connectivity index (χ0) is 15.5. The molecule has 112 valence electrons. The highest BCUT2D eigenvalue weighted by Gasteiger charge is 2.25. The molecule has 1 unspecified atom stereocenters. The van der Waals surface area contributed by atoms with Gasteiger partial charge in [0.05, 0.1) is 0 Å². The van der Waals surface area contributed by atoms with Crippen molar-refractivity contribution in [1.82, 2.24) is 4.72 Å². The summed E-state index contributed by atoms with van der Waals surface area (Å²) in [7, 11) is -4.53. The summed E-state index contributed by atoms with van der Waals surface area (Å²) in [5, 5.41) is 8.51. The smallest absolute Gasteiger partial charge is 0.303 e. The van der Waals surface area contributed by atoms with E-state index in [4.69, 9.17) is 5.11 Å². The molecule has 0 saturated carbocycles. The Labute approximate surface area is 113 Å². The van der Waals surface area contributed by atoms with Crippen LogP contribution in [0.25, 0.3) is 0 Å². The molecule has 0 amide bonds. The fourth-order valence-corrected chi connectivity index (χ4v) is 2.76. The number of hydrogen-bond donors (Lipinski definition) is 2. The fourth-order valence-electron chi connectivity index (χ4n) is 1.48. The second-order valence-electron chi connectivity index (χ2n) is 4.25. The van der Waals surface area contributed by atoms with Gasteiger partial charge in [-0.3, -0.25) is 4.79 Å². The Hall–Kier alpha value is -1.61. The normalized spacial score (nSPS) is 13.2. The molecule has 0 aliphatic heterocycles. The Balaban J connectivity index is 2.93. The fraction of sp³-hybridized carbons (Fsp3) is 0.364. The molecular weight excluding hydrogens is 299 g/mol. The van der Waals surface area contributed by atoms with Crippen LogP contribution in [0, 0.1) is 23.4 Å². The SMILES string of the molecule is CC(CNS(=O)(=O)c1c(F)cc(F)cc1F)CC(=O)O. The van der Waals surface area contributed by atoms with Gasteiger partial charge in [-0.1, -0.05) is 6.92 Å². The Kier molecular flexibility index (Phi) is 5.12. The predicted octanol–water partition coefficient (Wildman–Crippen LogP) is 1.49. The Morgan fingerprint density at radius 3 is 2.25 bits per heavy atom. The summed E-state index contributed by atoms with van der Waals surface area (Å²) >= 11 is 0. The Morgan fingerprint density at radius 2 is 1.80 bits per heavy atom. The molecule has 0 bridgehead atoms. The van der Waals surface area contributed by atoms with Crippen molar-refractivity contribution in [1.29, 1.82) is 0 Å². The van der Waals surface area contributed by atoms with Gasteiger partial charge in [-0.25, -0.2) is 26.3 Å². The highest BCUT2D eigenvalue weighted by atomic mass is 32.2. The Morgan fingerprint density at radius 1 is 1.30 bits per heavy atom. The van der Waals surface area contributed by atoms with Crippen LogP contribution < -0.4 is 4.72 Å². The van der Waals surface area contributed by atoms with Gasteiger partial charge in [0.2, 0.25) is 10.0 Å². The lowest BCUT2D eigenvalue weighted by atomic mass is 10.1. The van der Waals surface area contributed by atoms with Crippen LogP contribution in [-0.4, -0.2) is 26.0 Å². The molecule has 0 fully saturated rings. The topological polar surface area (TPSA) is 83.5 Å². The lowest BCUT2D eigenvalue weighted by Gasteiger charge is -2.12. The number of hydrogen-bond acceptors (Lipinski definition) is 3. The van der Waals surface area contributed by atoms with E-state index in [2.05, 4.69) is 0 Å². The van der Waals surface area contributed by atoms with Gasteiger partial charge in [0, 0.05) is 25.1 Å². The number of carboxylic acids is 1. The molecule has 2 N–H and O–H groups in total. The van der Waals surface area contributed by atoms with Crippen LogP contribution >= 0.6 is 0 Å². The summed E-state index contributed by atoms with van der Waals surface area (Å²) in [4.78, 5) is 9.12. The number of nitrogens with one attached hydrogen (secondary N) is 1. The maximum atomic E-state index is 13.3. The molecule has 0 spiro atoms. The van der Waals surface area contributed by atoms with Crippen LogP contribution in [0.5, 0.6) is 0 Å². The van der Waals surface area contributed by atoms with E-state index in [1.54, 1.807) is 0 Å². The quantitative estimate of drug-likeness (QED) is 0.834. The van der Waals surface area contributed by atoms with Crippen LogP contribution in [0.15, 0.2) is 17.0 Å². The maximum absolute atomic E-state index is 13.3. The summed E-state index contributed by atoms with van der Waals surface area (Å²) in [6.45, 7) is 1.14. The van der Waals surface area contributed by atoms with Gasteiger partial charge in [0.25, 0.3) is 0 Å². The summed E-state index contributed by atoms with van der Waals surface area (Å²) in [5.74, 6) is -6.05. The van der Waals surface area contributed by atoms with Gasteiger partial charge >= 0.3 is 5.97 Å². The van der Waals surface area contributed by atoms with Gasteiger partial charge in [0.1, 0.15) is 17.5 Å². The second-order valence-corrected chi connectivity index (χ2v) is 5.96. The van der Waals surface area contributed by atoms with Crippen LogP contribution in [0.1, 0.15) is 13.3 Å². The van der Waals surface area contributed by atoms with Crippen LogP contribution in [-0.2, 0) is 14.8 Å². The lowest BCUT2D eigenvalue weighted by Crippen LogP contribution is -2.30. The first-order valence-corrected chi connectivity index (χ1v) is 6.98. The number of carbonyl (C=O) groups is 1. The van der Waals surface area contributed by atoms with Gasteiger partial charge in [-0.15, -0.1) is 0 Å². The molecule has 0 radical (unpaired) electrons. The maximum Gasteiger partial charge on any atom is 0.303 e. The number of carboxylic acid groups (broad SMARTS) is 1. The van der Waals surface area contributed by atoms with Gasteiger partial charge in [-0.2, -0.15) is 0 Å². The monoisotopic (exact) mass is 311 g/mol. The van der Waals surface area contributed by atoms with E-state index in [9.17, 15) is 26.4 Å². The van der Waals surface area contributed by atoms with E-state index in [0.29, 0.717) is 0 Å². The first-order chi connectivity index (χ1) is 9.13. The molecule has 0 aliphatic carbocycles. The van der Waals surface area contributed by atoms with Crippen LogP contribution in [0.2, 0.25) is 0 Å². The van der Waals surface area contributed by atoms with Crippen molar-refractivity contribution in [3.63, 3.8) is 0 Å². The van der Waals surface area contributed by atoms with Gasteiger partial charge in [0.15, 0.2) is 4.90 Å². The highest BCUT2D eigenvalue weighted by molar-refractivity contribution is 7.89. The van der Waals surface area contributed by atoms with E-state index in [0.717, 1.165) is 0 Å². The number of sulfonamides is 1. The molecule has 9 heteroatoms. The predicted molar refractivity (Wildman–Crippen MR) is 62.9 cm³/mol. The number of rotatable bonds is 6. The zero-order valence-corrected chi connectivity index (χ0v) is 11.2. The minimum Gasteiger partial charge on any atom is -0.481 e. The van der Waals surface area contributed by atoms with Crippen molar-refractivity contribution in [3.05, 3.63) is 29.6 Å². The average Bonchev–Trinajstić information content (AvgIpc) is 2.23. The molecule has 20 heavy (non-hydrogen) atoms. The van der Waals surface area contributed by atoms with Crippen molar-refractivity contribution < 1.29 is 31.5 Å². The van der Waals surface area contributed by atoms with E-state index in [1.807, 2.05) is 4.72 Å². The van der Waals surface area contributed by atoms with E-state index < -0.39 is 44.3 Å². The standard InChI is InChI=1S/C11H12F3NO4S/c1-6(2-10(16)17)5-15-20(18,19)11-8(13)3-7(12)4-9(11)14/h3-4,6,15H,2,5H2,1H3,(H,16,17). The number of benzene rings is 1. The Bertz CT molecular complexity index is 595. The molecule has 1 aromatic rings. The second kappa shape index (κ2) is 6.23. The third-order valence-corrected chi connectivity index (χ3v) is 3.85. The summed E-state index contributed by atoms with van der Waals surface area (Å²) in [6, 6.07) is 0.497. The van der Waals surface area contributed by atoms with Crippen molar-refractivity contribution in [2.24, 2.45) is 5.92 Å². The number of aliphatic carboxylic acids is 1. The van der Waals surface area contributed by atoms with Crippen molar-refractivity contribution >= 4 is 16.0 Å². The lowest BCUT2D eigenvalue weighted by molar-refractivity contribution is -0.137. The molecule has 0 heterocycles. The molecule has 1 aromatic carbocycles. The zero-order valence-electron chi connectivity index (χ0n) is 10.4. The van der Waals surface area contributed by atoms with Crippen LogP contribution in [0.4, 0.5) is 13.2 Å². The summed E-state index contributed by atoms with van der Waals surface area (Å²) in [6.07, 6.45) is -0.309. The van der Waals surface area contributed by atoms with E-state index in [1.165, 1.54) is 6.92 Å². The molecule has 1 atom stereocenters. The minimum atomic E-state index is -4.53. The largest absolute Gasteiger partial charge is 0.481 e. The highest BCUT2D eigenvalue weighted by Crippen LogP contribution is 2.20. The number of halogens is 3. The molecule has 1 rings (SSSR count). The summed E-state index contributed by atoms with van der Waals surface area (Å²) < 4.78 is 64.7. The molecule has 0 aromatic heterocycles. The third kappa shape index (κ3) is 4.20.